The van der Waals surface area contributed by atoms with Crippen molar-refractivity contribution in [1.29, 1.82) is 0 Å². The lowest BCUT2D eigenvalue weighted by atomic mass is 10.0. The van der Waals surface area contributed by atoms with Gasteiger partial charge in [0.2, 0.25) is 5.88 Å². The molecule has 0 saturated carbocycles. The molecule has 4 heteroatoms. The lowest BCUT2D eigenvalue weighted by Crippen LogP contribution is -2.55. The fraction of sp³-hybridized carbons (Fsp3) is 0.688. The molecule has 1 fully saturated rings. The van der Waals surface area contributed by atoms with Crippen LogP contribution < -0.4 is 10.1 Å². The van der Waals surface area contributed by atoms with Crippen LogP contribution in [-0.4, -0.2) is 42.2 Å². The molecule has 1 aromatic heterocycles. The van der Waals surface area contributed by atoms with E-state index < -0.39 is 0 Å². The third-order valence-electron chi connectivity index (χ3n) is 4.14. The molecular formula is C16H27N3O. The van der Waals surface area contributed by atoms with E-state index in [0.717, 1.165) is 25.5 Å². The molecule has 2 heterocycles. The predicted molar refractivity (Wildman–Crippen MR) is 82.0 cm³/mol. The second-order valence-corrected chi connectivity index (χ2v) is 5.56. The average Bonchev–Trinajstić information content (AvgIpc) is 2.49. The number of pyridine rings is 1. The Bertz CT molecular complexity index is 410. The Hall–Kier alpha value is -1.13. The van der Waals surface area contributed by atoms with E-state index >= 15 is 0 Å². The standard InChI is InChI=1S/C16H27N3O/c1-4-7-15-10-18-14(5-2)12-19(15)11-13-8-6-9-17-16(13)20-3/h6,8-9,14-15,18H,4-5,7,10-12H2,1-3H3. The summed E-state index contributed by atoms with van der Waals surface area (Å²) >= 11 is 0. The molecule has 1 saturated heterocycles. The van der Waals surface area contributed by atoms with Gasteiger partial charge in [-0.15, -0.1) is 0 Å². The summed E-state index contributed by atoms with van der Waals surface area (Å²) in [4.78, 5) is 6.90. The number of aromatic nitrogens is 1. The lowest BCUT2D eigenvalue weighted by Gasteiger charge is -2.40. The van der Waals surface area contributed by atoms with Gasteiger partial charge in [0.1, 0.15) is 0 Å². The van der Waals surface area contributed by atoms with Gasteiger partial charge in [-0.25, -0.2) is 4.98 Å². The molecule has 0 radical (unpaired) electrons. The summed E-state index contributed by atoms with van der Waals surface area (Å²) in [5.41, 5.74) is 1.19. The summed E-state index contributed by atoms with van der Waals surface area (Å²) in [6.07, 6.45) is 5.44. The van der Waals surface area contributed by atoms with Crippen molar-refractivity contribution in [2.75, 3.05) is 20.2 Å². The zero-order valence-corrected chi connectivity index (χ0v) is 12.9. The molecule has 4 nitrogen and oxygen atoms in total. The van der Waals surface area contributed by atoms with Gasteiger partial charge >= 0.3 is 0 Å². The second-order valence-electron chi connectivity index (χ2n) is 5.56. The molecule has 20 heavy (non-hydrogen) atoms. The van der Waals surface area contributed by atoms with Crippen molar-refractivity contribution in [3.63, 3.8) is 0 Å². The summed E-state index contributed by atoms with van der Waals surface area (Å²) in [6.45, 7) is 7.64. The van der Waals surface area contributed by atoms with E-state index in [9.17, 15) is 0 Å². The van der Waals surface area contributed by atoms with Crippen LogP contribution in [0.5, 0.6) is 5.88 Å². The lowest BCUT2D eigenvalue weighted by molar-refractivity contribution is 0.112. The highest BCUT2D eigenvalue weighted by atomic mass is 16.5. The normalized spacial score (nSPS) is 23.8. The van der Waals surface area contributed by atoms with Crippen molar-refractivity contribution in [2.24, 2.45) is 0 Å². The van der Waals surface area contributed by atoms with Crippen LogP contribution in [0.1, 0.15) is 38.7 Å². The number of methoxy groups -OCH3 is 1. The van der Waals surface area contributed by atoms with Gasteiger partial charge in [0, 0.05) is 43.5 Å². The Morgan fingerprint density at radius 3 is 3.00 bits per heavy atom. The zero-order chi connectivity index (χ0) is 14.4. The average molecular weight is 277 g/mol. The molecule has 0 spiro atoms. The number of nitrogens with zero attached hydrogens (tertiary/aromatic N) is 2. The minimum absolute atomic E-state index is 0.603. The molecule has 2 unspecified atom stereocenters. The number of hydrogen-bond donors (Lipinski definition) is 1. The fourth-order valence-electron chi connectivity index (χ4n) is 2.96. The molecule has 0 bridgehead atoms. The van der Waals surface area contributed by atoms with Crippen molar-refractivity contribution < 1.29 is 4.74 Å². The summed E-state index contributed by atoms with van der Waals surface area (Å²) in [5, 5.41) is 3.66. The van der Waals surface area contributed by atoms with Crippen molar-refractivity contribution >= 4 is 0 Å². The van der Waals surface area contributed by atoms with Gasteiger partial charge in [-0.05, 0) is 18.9 Å². The van der Waals surface area contributed by atoms with E-state index in [0.29, 0.717) is 12.1 Å². The third-order valence-corrected chi connectivity index (χ3v) is 4.14. The molecule has 0 aromatic carbocycles. The van der Waals surface area contributed by atoms with Crippen LogP contribution in [0.4, 0.5) is 0 Å². The number of piperazine rings is 1. The van der Waals surface area contributed by atoms with E-state index in [1.165, 1.54) is 24.8 Å². The van der Waals surface area contributed by atoms with Gasteiger partial charge in [-0.2, -0.15) is 0 Å². The SMILES string of the molecule is CCCC1CNC(CC)CN1Cc1cccnc1OC. The largest absolute Gasteiger partial charge is 0.481 e. The highest BCUT2D eigenvalue weighted by Crippen LogP contribution is 2.21. The van der Waals surface area contributed by atoms with E-state index in [2.05, 4.69) is 35.1 Å². The molecule has 0 aliphatic carbocycles. The summed E-state index contributed by atoms with van der Waals surface area (Å²) < 4.78 is 5.38. The second kappa shape index (κ2) is 7.60. The zero-order valence-electron chi connectivity index (χ0n) is 12.9. The van der Waals surface area contributed by atoms with Crippen molar-refractivity contribution in [3.05, 3.63) is 23.9 Å². The van der Waals surface area contributed by atoms with Crippen molar-refractivity contribution in [1.82, 2.24) is 15.2 Å². The molecule has 1 aliphatic rings. The van der Waals surface area contributed by atoms with Crippen molar-refractivity contribution in [2.45, 2.75) is 51.7 Å². The number of nitrogens with one attached hydrogen (secondary N) is 1. The highest BCUT2D eigenvalue weighted by Gasteiger charge is 2.27. The topological polar surface area (TPSA) is 37.4 Å². The predicted octanol–water partition coefficient (Wildman–Crippen LogP) is 2.44. The first-order chi connectivity index (χ1) is 9.78. The van der Waals surface area contributed by atoms with Crippen LogP contribution >= 0.6 is 0 Å². The monoisotopic (exact) mass is 277 g/mol. The maximum atomic E-state index is 5.38. The van der Waals surface area contributed by atoms with E-state index in [1.807, 2.05) is 6.07 Å². The minimum atomic E-state index is 0.603. The maximum absolute atomic E-state index is 5.38. The quantitative estimate of drug-likeness (QED) is 0.866. The van der Waals surface area contributed by atoms with Crippen LogP contribution in [0.15, 0.2) is 18.3 Å². The summed E-state index contributed by atoms with van der Waals surface area (Å²) in [5.74, 6) is 0.759. The molecule has 0 amide bonds. The Labute approximate surface area is 122 Å². The molecular weight excluding hydrogens is 250 g/mol. The number of ether oxygens (including phenoxy) is 1. The van der Waals surface area contributed by atoms with Crippen molar-refractivity contribution in [3.8, 4) is 5.88 Å². The summed E-state index contributed by atoms with van der Waals surface area (Å²) in [6, 6.07) is 5.34. The van der Waals surface area contributed by atoms with Gasteiger partial charge in [-0.1, -0.05) is 26.3 Å². The third kappa shape index (κ3) is 3.70. The first-order valence-electron chi connectivity index (χ1n) is 7.73. The van der Waals surface area contributed by atoms with Gasteiger partial charge < -0.3 is 10.1 Å². The number of hydrogen-bond acceptors (Lipinski definition) is 4. The van der Waals surface area contributed by atoms with Crippen LogP contribution in [0.3, 0.4) is 0 Å². The van der Waals surface area contributed by atoms with Crippen LogP contribution in [0.25, 0.3) is 0 Å². The first-order valence-corrected chi connectivity index (χ1v) is 7.73. The molecule has 1 aromatic rings. The molecule has 112 valence electrons. The van der Waals surface area contributed by atoms with Crippen LogP contribution in [0.2, 0.25) is 0 Å². The molecule has 2 atom stereocenters. The van der Waals surface area contributed by atoms with Gasteiger partial charge in [-0.3, -0.25) is 4.90 Å². The smallest absolute Gasteiger partial charge is 0.217 e. The highest BCUT2D eigenvalue weighted by molar-refractivity contribution is 5.25. The Kier molecular flexibility index (Phi) is 5.80. The summed E-state index contributed by atoms with van der Waals surface area (Å²) in [7, 11) is 1.70. The van der Waals surface area contributed by atoms with Crippen LogP contribution in [-0.2, 0) is 6.54 Å². The first kappa shape index (κ1) is 15.3. The van der Waals surface area contributed by atoms with Gasteiger partial charge in [0.25, 0.3) is 0 Å². The molecule has 1 aliphatic heterocycles. The van der Waals surface area contributed by atoms with Gasteiger partial charge in [0.15, 0.2) is 0 Å². The minimum Gasteiger partial charge on any atom is -0.481 e. The Balaban J connectivity index is 2.09. The van der Waals surface area contributed by atoms with E-state index in [-0.39, 0.29) is 0 Å². The van der Waals surface area contributed by atoms with E-state index in [1.54, 1.807) is 13.3 Å². The Morgan fingerprint density at radius 2 is 2.30 bits per heavy atom. The number of rotatable bonds is 6. The molecule has 2 rings (SSSR count). The Morgan fingerprint density at radius 1 is 1.45 bits per heavy atom. The molecule has 1 N–H and O–H groups in total. The van der Waals surface area contributed by atoms with Crippen LogP contribution in [0, 0.1) is 0 Å². The fourth-order valence-corrected chi connectivity index (χ4v) is 2.96. The maximum Gasteiger partial charge on any atom is 0.217 e. The van der Waals surface area contributed by atoms with E-state index in [4.69, 9.17) is 4.74 Å². The van der Waals surface area contributed by atoms with Gasteiger partial charge in [0.05, 0.1) is 7.11 Å².